The first kappa shape index (κ1) is 13.1. The summed E-state index contributed by atoms with van der Waals surface area (Å²) >= 11 is 5.25. The van der Waals surface area contributed by atoms with Gasteiger partial charge in [-0.1, -0.05) is 25.7 Å². The zero-order chi connectivity index (χ0) is 12.8. The third-order valence-electron chi connectivity index (χ3n) is 3.21. The molecule has 1 fully saturated rings. The molecule has 98 valence electrons. The van der Waals surface area contributed by atoms with Crippen LogP contribution in [0.5, 0.6) is 5.75 Å². The highest BCUT2D eigenvalue weighted by atomic mass is 32.1. The Morgan fingerprint density at radius 3 is 2.67 bits per heavy atom. The number of anilines is 1. The van der Waals surface area contributed by atoms with Gasteiger partial charge in [0.1, 0.15) is 0 Å². The Balaban J connectivity index is 1.86. The van der Waals surface area contributed by atoms with Gasteiger partial charge in [0.2, 0.25) is 0 Å². The predicted octanol–water partition coefficient (Wildman–Crippen LogP) is 2.80. The van der Waals surface area contributed by atoms with Crippen LogP contribution < -0.4 is 10.6 Å². The van der Waals surface area contributed by atoms with Crippen molar-refractivity contribution in [3.05, 3.63) is 18.3 Å². The quantitative estimate of drug-likeness (QED) is 0.567. The maximum absolute atomic E-state index is 9.60. The van der Waals surface area contributed by atoms with Crippen LogP contribution in [0.3, 0.4) is 0 Å². The number of nitrogens with zero attached hydrogens (tertiary/aromatic N) is 1. The number of hydrogen-bond donors (Lipinski definition) is 3. The summed E-state index contributed by atoms with van der Waals surface area (Å²) in [6.45, 7) is 0. The summed E-state index contributed by atoms with van der Waals surface area (Å²) in [5.41, 5.74) is 0. The Kier molecular flexibility index (Phi) is 4.75. The lowest BCUT2D eigenvalue weighted by Crippen LogP contribution is -2.37. The van der Waals surface area contributed by atoms with Crippen molar-refractivity contribution in [3.63, 3.8) is 0 Å². The highest BCUT2D eigenvalue weighted by molar-refractivity contribution is 7.80. The van der Waals surface area contributed by atoms with Crippen LogP contribution in [0.4, 0.5) is 5.82 Å². The van der Waals surface area contributed by atoms with Gasteiger partial charge in [-0.3, -0.25) is 0 Å². The topological polar surface area (TPSA) is 57.2 Å². The van der Waals surface area contributed by atoms with Crippen molar-refractivity contribution in [2.75, 3.05) is 5.32 Å². The summed E-state index contributed by atoms with van der Waals surface area (Å²) < 4.78 is 0. The average molecular weight is 265 g/mol. The van der Waals surface area contributed by atoms with Gasteiger partial charge < -0.3 is 15.7 Å². The van der Waals surface area contributed by atoms with E-state index in [-0.39, 0.29) is 5.75 Å². The summed E-state index contributed by atoms with van der Waals surface area (Å²) in [4.78, 5) is 4.04. The zero-order valence-corrected chi connectivity index (χ0v) is 11.2. The van der Waals surface area contributed by atoms with Gasteiger partial charge in [0.25, 0.3) is 0 Å². The molecule has 18 heavy (non-hydrogen) atoms. The van der Waals surface area contributed by atoms with Crippen molar-refractivity contribution < 1.29 is 5.11 Å². The van der Waals surface area contributed by atoms with Gasteiger partial charge >= 0.3 is 0 Å². The van der Waals surface area contributed by atoms with Crippen LogP contribution in [0.25, 0.3) is 0 Å². The highest BCUT2D eigenvalue weighted by Crippen LogP contribution is 2.19. The number of thiocarbonyl (C=S) groups is 1. The second-order valence-corrected chi connectivity index (χ2v) is 5.07. The van der Waals surface area contributed by atoms with E-state index in [1.807, 2.05) is 0 Å². The Hall–Kier alpha value is -1.36. The molecule has 0 unspecified atom stereocenters. The Labute approximate surface area is 113 Å². The van der Waals surface area contributed by atoms with Crippen LogP contribution in [-0.2, 0) is 0 Å². The van der Waals surface area contributed by atoms with Gasteiger partial charge in [0, 0.05) is 12.2 Å². The summed E-state index contributed by atoms with van der Waals surface area (Å²) in [7, 11) is 0. The van der Waals surface area contributed by atoms with Gasteiger partial charge in [-0.2, -0.15) is 0 Å². The fraction of sp³-hybridized carbons (Fsp3) is 0.538. The third-order valence-corrected chi connectivity index (χ3v) is 3.43. The first-order chi connectivity index (χ1) is 8.75. The Bertz CT molecular complexity index is 403. The van der Waals surface area contributed by atoms with Crippen molar-refractivity contribution >= 4 is 23.1 Å². The maximum atomic E-state index is 9.60. The van der Waals surface area contributed by atoms with Gasteiger partial charge in [0.05, 0.1) is 0 Å². The molecule has 1 heterocycles. The fourth-order valence-electron chi connectivity index (χ4n) is 2.25. The number of aromatic hydroxyl groups is 1. The minimum atomic E-state index is 0.113. The van der Waals surface area contributed by atoms with Crippen LogP contribution in [0.1, 0.15) is 38.5 Å². The molecule has 0 aromatic carbocycles. The molecule has 0 bridgehead atoms. The number of aromatic nitrogens is 1. The molecule has 4 nitrogen and oxygen atoms in total. The lowest BCUT2D eigenvalue weighted by atomic mass is 10.1. The second kappa shape index (κ2) is 6.54. The molecule has 0 amide bonds. The van der Waals surface area contributed by atoms with Crippen LogP contribution in [0.2, 0.25) is 0 Å². The van der Waals surface area contributed by atoms with Crippen LogP contribution in [0.15, 0.2) is 18.3 Å². The van der Waals surface area contributed by atoms with E-state index in [0.717, 1.165) is 12.8 Å². The van der Waals surface area contributed by atoms with Crippen molar-refractivity contribution in [3.8, 4) is 5.75 Å². The normalized spacial score (nSPS) is 16.9. The molecule has 0 saturated heterocycles. The van der Waals surface area contributed by atoms with E-state index in [0.29, 0.717) is 17.0 Å². The molecular weight excluding hydrogens is 246 g/mol. The van der Waals surface area contributed by atoms with Gasteiger partial charge in [0.15, 0.2) is 16.7 Å². The summed E-state index contributed by atoms with van der Waals surface area (Å²) in [5.74, 6) is 0.520. The molecule has 0 atom stereocenters. The molecule has 2 rings (SSSR count). The summed E-state index contributed by atoms with van der Waals surface area (Å²) in [6, 6.07) is 3.71. The second-order valence-electron chi connectivity index (χ2n) is 4.66. The molecule has 1 aromatic rings. The van der Waals surface area contributed by atoms with E-state index in [9.17, 15) is 5.11 Å². The van der Waals surface area contributed by atoms with E-state index in [1.54, 1.807) is 18.3 Å². The van der Waals surface area contributed by atoms with Gasteiger partial charge in [-0.15, -0.1) is 0 Å². The van der Waals surface area contributed by atoms with Crippen molar-refractivity contribution in [2.24, 2.45) is 0 Å². The third kappa shape index (κ3) is 3.84. The lowest BCUT2D eigenvalue weighted by molar-refractivity contribution is 0.475. The molecule has 1 aliphatic carbocycles. The monoisotopic (exact) mass is 265 g/mol. The maximum Gasteiger partial charge on any atom is 0.174 e. The lowest BCUT2D eigenvalue weighted by Gasteiger charge is -2.18. The highest BCUT2D eigenvalue weighted by Gasteiger charge is 2.13. The van der Waals surface area contributed by atoms with Crippen LogP contribution in [-0.4, -0.2) is 21.2 Å². The smallest absolute Gasteiger partial charge is 0.174 e. The summed E-state index contributed by atoms with van der Waals surface area (Å²) in [6.07, 6.45) is 9.10. The summed E-state index contributed by atoms with van der Waals surface area (Å²) in [5, 5.41) is 16.4. The van der Waals surface area contributed by atoms with Gasteiger partial charge in [-0.25, -0.2) is 4.98 Å². The van der Waals surface area contributed by atoms with Crippen molar-refractivity contribution in [1.29, 1.82) is 0 Å². The SMILES string of the molecule is Oc1cccnc1NC(=S)NC1CCCCCC1. The molecular formula is C13H19N3OS. The standard InChI is InChI=1S/C13H19N3OS/c17-11-8-5-9-14-12(11)16-13(18)15-10-6-3-1-2-4-7-10/h5,8-10,17H,1-4,6-7H2,(H2,14,15,16,18). The van der Waals surface area contributed by atoms with Crippen molar-refractivity contribution in [1.82, 2.24) is 10.3 Å². The largest absolute Gasteiger partial charge is 0.504 e. The molecule has 3 N–H and O–H groups in total. The number of nitrogens with one attached hydrogen (secondary N) is 2. The van der Waals surface area contributed by atoms with Crippen LogP contribution in [0, 0.1) is 0 Å². The fourth-order valence-corrected chi connectivity index (χ4v) is 2.51. The number of rotatable bonds is 2. The molecule has 0 radical (unpaired) electrons. The Morgan fingerprint density at radius 1 is 1.28 bits per heavy atom. The predicted molar refractivity (Wildman–Crippen MR) is 76.7 cm³/mol. The first-order valence-corrected chi connectivity index (χ1v) is 6.88. The zero-order valence-electron chi connectivity index (χ0n) is 10.4. The average Bonchev–Trinajstić information content (AvgIpc) is 2.61. The molecule has 1 saturated carbocycles. The molecule has 5 heteroatoms. The van der Waals surface area contributed by atoms with Gasteiger partial charge in [-0.05, 0) is 37.2 Å². The van der Waals surface area contributed by atoms with Crippen LogP contribution >= 0.6 is 12.2 Å². The molecule has 0 aliphatic heterocycles. The number of hydrogen-bond acceptors (Lipinski definition) is 3. The minimum absolute atomic E-state index is 0.113. The Morgan fingerprint density at radius 2 is 2.00 bits per heavy atom. The van der Waals surface area contributed by atoms with Crippen molar-refractivity contribution in [2.45, 2.75) is 44.6 Å². The molecule has 1 aliphatic rings. The molecule has 0 spiro atoms. The van der Waals surface area contributed by atoms with E-state index < -0.39 is 0 Å². The first-order valence-electron chi connectivity index (χ1n) is 6.47. The van der Waals surface area contributed by atoms with E-state index in [4.69, 9.17) is 12.2 Å². The minimum Gasteiger partial charge on any atom is -0.504 e. The van der Waals surface area contributed by atoms with E-state index in [1.165, 1.54) is 25.7 Å². The molecule has 1 aromatic heterocycles. The van der Waals surface area contributed by atoms with E-state index >= 15 is 0 Å². The number of pyridine rings is 1. The van der Waals surface area contributed by atoms with E-state index in [2.05, 4.69) is 15.6 Å².